The van der Waals surface area contributed by atoms with E-state index in [0.717, 1.165) is 23.3 Å². The Bertz CT molecular complexity index is 1440. The van der Waals surface area contributed by atoms with Gasteiger partial charge in [-0.1, -0.05) is 30.7 Å². The Morgan fingerprint density at radius 2 is 1.88 bits per heavy atom. The van der Waals surface area contributed by atoms with E-state index in [9.17, 15) is 12.8 Å². The van der Waals surface area contributed by atoms with Gasteiger partial charge in [-0.05, 0) is 42.3 Å². The molecular weight excluding hydrogens is 484 g/mol. The molecule has 2 aromatic carbocycles. The van der Waals surface area contributed by atoms with Crippen molar-refractivity contribution in [2.75, 3.05) is 17.6 Å². The van der Waals surface area contributed by atoms with Crippen molar-refractivity contribution in [2.45, 2.75) is 19.4 Å². The van der Waals surface area contributed by atoms with Gasteiger partial charge in [-0.25, -0.2) is 22.2 Å². The fourth-order valence-corrected chi connectivity index (χ4v) is 5.08. The van der Waals surface area contributed by atoms with E-state index in [1.54, 1.807) is 31.5 Å². The minimum absolute atomic E-state index is 0.186. The quantitative estimate of drug-likeness (QED) is 0.305. The number of anilines is 1. The summed E-state index contributed by atoms with van der Waals surface area (Å²) < 4.78 is 62.4. The first-order chi connectivity index (χ1) is 16.2. The van der Waals surface area contributed by atoms with Crippen LogP contribution in [-0.4, -0.2) is 31.2 Å². The number of aromatic amines is 1. The van der Waals surface area contributed by atoms with Gasteiger partial charge in [-0.15, -0.1) is 0 Å². The van der Waals surface area contributed by atoms with E-state index in [1.807, 2.05) is 18.2 Å². The van der Waals surface area contributed by atoms with Gasteiger partial charge in [0, 0.05) is 41.0 Å². The molecular formula is C24H22ClF2N3O3S. The molecule has 10 heteroatoms. The third-order valence-electron chi connectivity index (χ3n) is 5.39. The molecule has 0 fully saturated rings. The number of benzene rings is 2. The van der Waals surface area contributed by atoms with E-state index < -0.39 is 33.3 Å². The second kappa shape index (κ2) is 9.69. The SMILES string of the molecule is CCCS(=O)(=O)Nc1ccc(F)c(C(OC)c2c[nH]c3ncc(-c4ccc(Cl)cc4)cc23)c1F. The van der Waals surface area contributed by atoms with Crippen LogP contribution in [0, 0.1) is 11.6 Å². The highest BCUT2D eigenvalue weighted by Crippen LogP contribution is 2.37. The largest absolute Gasteiger partial charge is 0.372 e. The van der Waals surface area contributed by atoms with Crippen molar-refractivity contribution in [3.8, 4) is 11.1 Å². The molecule has 0 saturated carbocycles. The molecule has 2 heterocycles. The second-order valence-corrected chi connectivity index (χ2v) is 10.0. The summed E-state index contributed by atoms with van der Waals surface area (Å²) in [6.07, 6.45) is 2.44. The molecule has 2 aromatic heterocycles. The predicted molar refractivity (Wildman–Crippen MR) is 129 cm³/mol. The van der Waals surface area contributed by atoms with Crippen molar-refractivity contribution in [3.05, 3.63) is 82.6 Å². The molecule has 4 rings (SSSR count). The molecule has 0 aliphatic heterocycles. The summed E-state index contributed by atoms with van der Waals surface area (Å²) >= 11 is 5.98. The van der Waals surface area contributed by atoms with Crippen molar-refractivity contribution in [2.24, 2.45) is 0 Å². The van der Waals surface area contributed by atoms with Gasteiger partial charge in [0.2, 0.25) is 10.0 Å². The van der Waals surface area contributed by atoms with Crippen molar-refractivity contribution in [3.63, 3.8) is 0 Å². The lowest BCUT2D eigenvalue weighted by molar-refractivity contribution is 0.130. The molecule has 34 heavy (non-hydrogen) atoms. The molecule has 178 valence electrons. The van der Waals surface area contributed by atoms with Crippen molar-refractivity contribution >= 4 is 38.3 Å². The molecule has 4 aromatic rings. The first-order valence-electron chi connectivity index (χ1n) is 10.5. The number of nitrogens with zero attached hydrogens (tertiary/aromatic N) is 1. The maximum atomic E-state index is 15.4. The Morgan fingerprint density at radius 3 is 2.56 bits per heavy atom. The van der Waals surface area contributed by atoms with Crippen LogP contribution in [0.4, 0.5) is 14.5 Å². The number of rotatable bonds is 8. The Balaban J connectivity index is 1.81. The molecule has 0 aliphatic rings. The number of pyridine rings is 1. The van der Waals surface area contributed by atoms with Gasteiger partial charge in [-0.3, -0.25) is 4.72 Å². The third kappa shape index (κ3) is 4.77. The van der Waals surface area contributed by atoms with Crippen LogP contribution >= 0.6 is 11.6 Å². The molecule has 0 bridgehead atoms. The Morgan fingerprint density at radius 1 is 1.15 bits per heavy atom. The van der Waals surface area contributed by atoms with Gasteiger partial charge in [0.1, 0.15) is 17.6 Å². The lowest BCUT2D eigenvalue weighted by Gasteiger charge is -2.19. The standard InChI is InChI=1S/C24H22ClF2N3O3S/c1-3-10-34(31,32)30-20-9-8-19(26)21(22(20)27)23(33-2)18-13-29-24-17(18)11-15(12-28-24)14-4-6-16(25)7-5-14/h4-9,11-13,23,30H,3,10H2,1-2H3,(H,28,29). The van der Waals surface area contributed by atoms with Crippen LogP contribution in [0.5, 0.6) is 0 Å². The van der Waals surface area contributed by atoms with E-state index >= 15 is 4.39 Å². The topological polar surface area (TPSA) is 84.1 Å². The summed E-state index contributed by atoms with van der Waals surface area (Å²) in [6, 6.07) is 11.1. The van der Waals surface area contributed by atoms with Gasteiger partial charge in [0.25, 0.3) is 0 Å². The van der Waals surface area contributed by atoms with Crippen molar-refractivity contribution in [1.29, 1.82) is 0 Å². The first kappa shape index (κ1) is 24.1. The fourth-order valence-electron chi connectivity index (χ4n) is 3.82. The number of ether oxygens (including phenoxy) is 1. The minimum Gasteiger partial charge on any atom is -0.372 e. The number of halogens is 3. The summed E-state index contributed by atoms with van der Waals surface area (Å²) in [7, 11) is -2.45. The maximum absolute atomic E-state index is 15.4. The van der Waals surface area contributed by atoms with E-state index in [1.165, 1.54) is 7.11 Å². The molecule has 0 radical (unpaired) electrons. The summed E-state index contributed by atoms with van der Waals surface area (Å²) in [4.78, 5) is 7.42. The zero-order valence-corrected chi connectivity index (χ0v) is 20.0. The summed E-state index contributed by atoms with van der Waals surface area (Å²) in [5, 5.41) is 1.20. The highest BCUT2D eigenvalue weighted by atomic mass is 35.5. The van der Waals surface area contributed by atoms with Gasteiger partial charge >= 0.3 is 0 Å². The molecule has 2 N–H and O–H groups in total. The second-order valence-electron chi connectivity index (χ2n) is 7.73. The molecule has 0 spiro atoms. The average Bonchev–Trinajstić information content (AvgIpc) is 3.22. The van der Waals surface area contributed by atoms with E-state index in [0.29, 0.717) is 28.0 Å². The van der Waals surface area contributed by atoms with E-state index in [4.69, 9.17) is 16.3 Å². The Kier molecular flexibility index (Phi) is 6.88. The van der Waals surface area contributed by atoms with Crippen molar-refractivity contribution in [1.82, 2.24) is 9.97 Å². The van der Waals surface area contributed by atoms with Crippen LogP contribution in [0.25, 0.3) is 22.2 Å². The molecule has 0 saturated heterocycles. The Hall–Kier alpha value is -3.01. The number of fused-ring (bicyclic) bond motifs is 1. The lowest BCUT2D eigenvalue weighted by Crippen LogP contribution is -2.18. The zero-order valence-electron chi connectivity index (χ0n) is 18.4. The van der Waals surface area contributed by atoms with Gasteiger partial charge in [0.05, 0.1) is 17.0 Å². The summed E-state index contributed by atoms with van der Waals surface area (Å²) in [5.41, 5.74) is 1.86. The minimum atomic E-state index is -3.78. The Labute approximate surface area is 201 Å². The average molecular weight is 506 g/mol. The van der Waals surface area contributed by atoms with Crippen LogP contribution < -0.4 is 4.72 Å². The number of sulfonamides is 1. The van der Waals surface area contributed by atoms with Gasteiger partial charge in [-0.2, -0.15) is 0 Å². The molecule has 1 atom stereocenters. The monoisotopic (exact) mass is 505 g/mol. The number of methoxy groups -OCH3 is 1. The fraction of sp³-hybridized carbons (Fsp3) is 0.208. The van der Waals surface area contributed by atoms with Crippen LogP contribution in [0.2, 0.25) is 5.02 Å². The van der Waals surface area contributed by atoms with Crippen LogP contribution in [0.1, 0.15) is 30.6 Å². The number of nitrogens with one attached hydrogen (secondary N) is 2. The van der Waals surface area contributed by atoms with Crippen LogP contribution in [0.15, 0.2) is 54.9 Å². The number of H-pyrrole nitrogens is 1. The van der Waals surface area contributed by atoms with Crippen molar-refractivity contribution < 1.29 is 21.9 Å². The summed E-state index contributed by atoms with van der Waals surface area (Å²) in [5.74, 6) is -2.09. The number of hydrogen-bond donors (Lipinski definition) is 2. The molecule has 1 unspecified atom stereocenters. The third-order valence-corrected chi connectivity index (χ3v) is 7.11. The number of aromatic nitrogens is 2. The predicted octanol–water partition coefficient (Wildman–Crippen LogP) is 6.05. The molecule has 0 aliphatic carbocycles. The maximum Gasteiger partial charge on any atom is 0.232 e. The van der Waals surface area contributed by atoms with Gasteiger partial charge < -0.3 is 9.72 Å². The zero-order chi connectivity index (χ0) is 24.5. The highest BCUT2D eigenvalue weighted by molar-refractivity contribution is 7.92. The lowest BCUT2D eigenvalue weighted by atomic mass is 9.98. The smallest absolute Gasteiger partial charge is 0.232 e. The van der Waals surface area contributed by atoms with E-state index in [2.05, 4.69) is 14.7 Å². The highest BCUT2D eigenvalue weighted by Gasteiger charge is 2.28. The summed E-state index contributed by atoms with van der Waals surface area (Å²) in [6.45, 7) is 1.69. The van der Waals surface area contributed by atoms with Crippen LogP contribution in [-0.2, 0) is 14.8 Å². The molecule has 0 amide bonds. The first-order valence-corrected chi connectivity index (χ1v) is 12.5. The number of hydrogen-bond acceptors (Lipinski definition) is 4. The van der Waals surface area contributed by atoms with E-state index in [-0.39, 0.29) is 11.4 Å². The van der Waals surface area contributed by atoms with Gasteiger partial charge in [0.15, 0.2) is 5.82 Å². The normalized spacial score (nSPS) is 12.7. The molecule has 6 nitrogen and oxygen atoms in total. The van der Waals surface area contributed by atoms with Crippen LogP contribution in [0.3, 0.4) is 0 Å².